The lowest BCUT2D eigenvalue weighted by molar-refractivity contribution is 0.0760. The zero-order chi connectivity index (χ0) is 12.5. The zero-order valence-corrected chi connectivity index (χ0v) is 9.89. The van der Waals surface area contributed by atoms with Crippen LogP contribution in [0.2, 0.25) is 0 Å². The van der Waals surface area contributed by atoms with Gasteiger partial charge in [-0.1, -0.05) is 18.2 Å². The van der Waals surface area contributed by atoms with E-state index in [1.54, 1.807) is 4.90 Å². The molecule has 1 saturated heterocycles. The van der Waals surface area contributed by atoms with E-state index in [9.17, 15) is 4.79 Å². The van der Waals surface area contributed by atoms with E-state index in [1.807, 2.05) is 30.3 Å². The molecule has 1 fully saturated rings. The third-order valence-electron chi connectivity index (χ3n) is 3.42. The third kappa shape index (κ3) is 1.65. The number of hydrogen-bond acceptors (Lipinski definition) is 2. The van der Waals surface area contributed by atoms with Crippen molar-refractivity contribution >= 4 is 16.8 Å². The normalized spacial score (nSPS) is 19.1. The van der Waals surface area contributed by atoms with Gasteiger partial charge in [0, 0.05) is 17.4 Å². The number of benzene rings is 1. The minimum Gasteiger partial charge on any atom is -0.351 e. The van der Waals surface area contributed by atoms with E-state index in [-0.39, 0.29) is 11.9 Å². The van der Waals surface area contributed by atoms with E-state index in [1.165, 1.54) is 0 Å². The molecule has 2 aromatic rings. The third-order valence-corrected chi connectivity index (χ3v) is 3.42. The van der Waals surface area contributed by atoms with Gasteiger partial charge in [0.25, 0.3) is 5.91 Å². The Hall–Kier alpha value is -2.28. The number of aromatic nitrogens is 1. The molecule has 0 saturated carbocycles. The van der Waals surface area contributed by atoms with E-state index in [0.29, 0.717) is 12.2 Å². The van der Waals surface area contributed by atoms with Gasteiger partial charge in [0.05, 0.1) is 6.07 Å². The summed E-state index contributed by atoms with van der Waals surface area (Å²) < 4.78 is 0. The summed E-state index contributed by atoms with van der Waals surface area (Å²) >= 11 is 0. The second-order valence-electron chi connectivity index (χ2n) is 4.56. The number of hydrogen-bond donors (Lipinski definition) is 1. The first kappa shape index (κ1) is 10.8. The van der Waals surface area contributed by atoms with Crippen LogP contribution in [0.15, 0.2) is 30.3 Å². The van der Waals surface area contributed by atoms with Crippen LogP contribution in [0.4, 0.5) is 0 Å². The van der Waals surface area contributed by atoms with E-state index in [0.717, 1.165) is 23.7 Å². The Morgan fingerprint density at radius 1 is 1.44 bits per heavy atom. The Bertz CT molecular complexity index is 605. The molecule has 3 rings (SSSR count). The van der Waals surface area contributed by atoms with Crippen molar-refractivity contribution in [2.75, 3.05) is 6.54 Å². The molecule has 1 aromatic carbocycles. The highest BCUT2D eigenvalue weighted by atomic mass is 16.2. The van der Waals surface area contributed by atoms with Crippen molar-refractivity contribution < 1.29 is 4.79 Å². The highest BCUT2D eigenvalue weighted by molar-refractivity contribution is 5.98. The highest BCUT2D eigenvalue weighted by Crippen LogP contribution is 2.21. The second kappa shape index (κ2) is 4.19. The SMILES string of the molecule is N#C[C@@H]1CCCN1C(=O)c1cc2ccccc2[nH]1. The summed E-state index contributed by atoms with van der Waals surface area (Å²) in [4.78, 5) is 17.1. The second-order valence-corrected chi connectivity index (χ2v) is 4.56. The molecule has 1 atom stereocenters. The summed E-state index contributed by atoms with van der Waals surface area (Å²) in [7, 11) is 0. The summed E-state index contributed by atoms with van der Waals surface area (Å²) in [5.41, 5.74) is 1.52. The maximum atomic E-state index is 12.3. The molecule has 90 valence electrons. The van der Waals surface area contributed by atoms with Gasteiger partial charge in [-0.05, 0) is 25.0 Å². The molecule has 2 heterocycles. The van der Waals surface area contributed by atoms with E-state index >= 15 is 0 Å². The molecule has 0 aliphatic carbocycles. The van der Waals surface area contributed by atoms with Crippen molar-refractivity contribution in [3.05, 3.63) is 36.0 Å². The van der Waals surface area contributed by atoms with Crippen molar-refractivity contribution in [3.63, 3.8) is 0 Å². The molecule has 4 nitrogen and oxygen atoms in total. The Labute approximate surface area is 105 Å². The van der Waals surface area contributed by atoms with Crippen LogP contribution in [0.1, 0.15) is 23.3 Å². The lowest BCUT2D eigenvalue weighted by Gasteiger charge is -2.18. The molecule has 0 bridgehead atoms. The molecule has 1 aromatic heterocycles. The lowest BCUT2D eigenvalue weighted by Crippen LogP contribution is -2.34. The predicted octanol–water partition coefficient (Wildman–Crippen LogP) is 2.30. The Balaban J connectivity index is 1.95. The van der Waals surface area contributed by atoms with Crippen molar-refractivity contribution in [2.45, 2.75) is 18.9 Å². The molecule has 0 unspecified atom stereocenters. The van der Waals surface area contributed by atoms with Crippen molar-refractivity contribution in [1.29, 1.82) is 5.26 Å². The molecule has 1 N–H and O–H groups in total. The number of aromatic amines is 1. The quantitative estimate of drug-likeness (QED) is 0.830. The lowest BCUT2D eigenvalue weighted by atomic mass is 10.2. The number of para-hydroxylation sites is 1. The van der Waals surface area contributed by atoms with Gasteiger partial charge in [-0.25, -0.2) is 0 Å². The first-order chi connectivity index (χ1) is 8.79. The molecule has 1 aliphatic heterocycles. The smallest absolute Gasteiger partial charge is 0.271 e. The Morgan fingerprint density at radius 2 is 2.28 bits per heavy atom. The number of likely N-dealkylation sites (tertiary alicyclic amines) is 1. The van der Waals surface area contributed by atoms with Crippen LogP contribution >= 0.6 is 0 Å². The number of amides is 1. The maximum Gasteiger partial charge on any atom is 0.271 e. The first-order valence-electron chi connectivity index (χ1n) is 6.08. The number of rotatable bonds is 1. The fraction of sp³-hybridized carbons (Fsp3) is 0.286. The molecular weight excluding hydrogens is 226 g/mol. The van der Waals surface area contributed by atoms with Gasteiger partial charge in [0.2, 0.25) is 0 Å². The van der Waals surface area contributed by atoms with Crippen LogP contribution in [-0.2, 0) is 0 Å². The maximum absolute atomic E-state index is 12.3. The van der Waals surface area contributed by atoms with E-state index in [4.69, 9.17) is 5.26 Å². The number of nitriles is 1. The highest BCUT2D eigenvalue weighted by Gasteiger charge is 2.29. The largest absolute Gasteiger partial charge is 0.351 e. The van der Waals surface area contributed by atoms with Gasteiger partial charge in [-0.2, -0.15) is 5.26 Å². The molecule has 0 radical (unpaired) electrons. The molecule has 1 amide bonds. The van der Waals surface area contributed by atoms with E-state index in [2.05, 4.69) is 11.1 Å². The fourth-order valence-electron chi connectivity index (χ4n) is 2.49. The monoisotopic (exact) mass is 239 g/mol. The number of nitrogens with one attached hydrogen (secondary N) is 1. The van der Waals surface area contributed by atoms with E-state index < -0.39 is 0 Å². The Morgan fingerprint density at radius 3 is 3.06 bits per heavy atom. The van der Waals surface area contributed by atoms with Gasteiger partial charge in [0.1, 0.15) is 11.7 Å². The number of nitrogens with zero attached hydrogens (tertiary/aromatic N) is 2. The average molecular weight is 239 g/mol. The number of carbonyl (C=O) groups is 1. The number of H-pyrrole nitrogens is 1. The molecule has 0 spiro atoms. The molecule has 1 aliphatic rings. The summed E-state index contributed by atoms with van der Waals surface area (Å²) in [5, 5.41) is 10.0. The summed E-state index contributed by atoms with van der Waals surface area (Å²) in [6.45, 7) is 0.673. The van der Waals surface area contributed by atoms with Gasteiger partial charge >= 0.3 is 0 Å². The number of fused-ring (bicyclic) bond motifs is 1. The minimum absolute atomic E-state index is 0.0738. The fourth-order valence-corrected chi connectivity index (χ4v) is 2.49. The first-order valence-corrected chi connectivity index (χ1v) is 6.08. The van der Waals surface area contributed by atoms with Crippen LogP contribution in [-0.4, -0.2) is 28.4 Å². The van der Waals surface area contributed by atoms with Gasteiger partial charge in [-0.15, -0.1) is 0 Å². The molecular formula is C14H13N3O. The Kier molecular flexibility index (Phi) is 2.52. The van der Waals surface area contributed by atoms with Crippen molar-refractivity contribution in [1.82, 2.24) is 9.88 Å². The van der Waals surface area contributed by atoms with Gasteiger partial charge in [-0.3, -0.25) is 4.79 Å². The van der Waals surface area contributed by atoms with Crippen LogP contribution in [0.25, 0.3) is 10.9 Å². The van der Waals surface area contributed by atoms with Crippen LogP contribution in [0.5, 0.6) is 0 Å². The molecule has 4 heteroatoms. The average Bonchev–Trinajstić information content (AvgIpc) is 3.03. The summed E-state index contributed by atoms with van der Waals surface area (Å²) in [5.74, 6) is -0.0738. The summed E-state index contributed by atoms with van der Waals surface area (Å²) in [6.07, 6.45) is 1.69. The topological polar surface area (TPSA) is 59.9 Å². The number of carbonyl (C=O) groups excluding carboxylic acids is 1. The van der Waals surface area contributed by atoms with Crippen molar-refractivity contribution in [2.24, 2.45) is 0 Å². The standard InChI is InChI=1S/C14H13N3O/c15-9-11-5-3-7-17(11)14(18)13-8-10-4-1-2-6-12(10)16-13/h1-2,4,6,8,11,16H,3,5,7H2/t11-/m0/s1. The van der Waals surface area contributed by atoms with Gasteiger partial charge < -0.3 is 9.88 Å². The zero-order valence-electron chi connectivity index (χ0n) is 9.89. The minimum atomic E-state index is -0.274. The summed E-state index contributed by atoms with van der Waals surface area (Å²) in [6, 6.07) is 11.6. The van der Waals surface area contributed by atoms with Gasteiger partial charge in [0.15, 0.2) is 0 Å². The van der Waals surface area contributed by atoms with Crippen LogP contribution in [0.3, 0.4) is 0 Å². The van der Waals surface area contributed by atoms with Crippen LogP contribution < -0.4 is 0 Å². The van der Waals surface area contributed by atoms with Crippen LogP contribution in [0, 0.1) is 11.3 Å². The van der Waals surface area contributed by atoms with Crippen molar-refractivity contribution in [3.8, 4) is 6.07 Å². The molecule has 18 heavy (non-hydrogen) atoms. The predicted molar refractivity (Wildman–Crippen MR) is 68.0 cm³/mol.